The van der Waals surface area contributed by atoms with Gasteiger partial charge in [0.1, 0.15) is 0 Å². The summed E-state index contributed by atoms with van der Waals surface area (Å²) in [5.41, 5.74) is 0. The van der Waals surface area contributed by atoms with Crippen LogP contribution in [0.25, 0.3) is 0 Å². The molecule has 2 rings (SSSR count). The van der Waals surface area contributed by atoms with Crippen molar-refractivity contribution < 1.29 is 4.79 Å². The maximum atomic E-state index is 12.4. The van der Waals surface area contributed by atoms with Crippen molar-refractivity contribution in [1.29, 1.82) is 0 Å². The molecule has 0 bridgehead atoms. The third-order valence-electron chi connectivity index (χ3n) is 3.17. The summed E-state index contributed by atoms with van der Waals surface area (Å²) < 4.78 is 0.675. The molecule has 1 saturated heterocycles. The van der Waals surface area contributed by atoms with Gasteiger partial charge in [0.05, 0.1) is 9.21 Å². The summed E-state index contributed by atoms with van der Waals surface area (Å²) in [4.78, 5) is 15.1. The van der Waals surface area contributed by atoms with E-state index in [9.17, 15) is 4.79 Å². The lowest BCUT2D eigenvalue weighted by Crippen LogP contribution is -2.41. The summed E-state index contributed by atoms with van der Waals surface area (Å²) in [5.74, 6) is 0.113. The van der Waals surface area contributed by atoms with Crippen LogP contribution in [0, 0.1) is 0 Å². The molecule has 1 unspecified atom stereocenters. The maximum absolute atomic E-state index is 12.4. The molecule has 5 heteroatoms. The van der Waals surface area contributed by atoms with Gasteiger partial charge in [-0.2, -0.15) is 0 Å². The molecule has 0 aromatic carbocycles. The normalized spacial score (nSPS) is 19.1. The molecular weight excluding hydrogens is 268 g/mol. The van der Waals surface area contributed by atoms with Gasteiger partial charge in [-0.1, -0.05) is 18.5 Å². The summed E-state index contributed by atoms with van der Waals surface area (Å²) >= 11 is 7.25. The van der Waals surface area contributed by atoms with Crippen LogP contribution in [-0.2, 0) is 0 Å². The van der Waals surface area contributed by atoms with Gasteiger partial charge in [-0.3, -0.25) is 4.79 Å². The first-order chi connectivity index (χ1) is 8.70. The number of carbonyl (C=O) groups is 1. The highest BCUT2D eigenvalue weighted by atomic mass is 35.5. The Morgan fingerprint density at radius 1 is 1.61 bits per heavy atom. The first-order valence-corrected chi connectivity index (χ1v) is 7.68. The summed E-state index contributed by atoms with van der Waals surface area (Å²) in [7, 11) is 0. The number of rotatable bonds is 5. The molecule has 1 aliphatic rings. The lowest BCUT2D eigenvalue weighted by molar-refractivity contribution is 0.0747. The third-order valence-corrected chi connectivity index (χ3v) is 4.39. The Morgan fingerprint density at radius 3 is 3.00 bits per heavy atom. The number of thiophene rings is 1. The predicted octanol–water partition coefficient (Wildman–Crippen LogP) is 3.01. The molecule has 0 saturated carbocycles. The second-order valence-electron chi connectivity index (χ2n) is 4.65. The number of amides is 1. The molecule has 100 valence electrons. The van der Waals surface area contributed by atoms with Gasteiger partial charge >= 0.3 is 0 Å². The Bertz CT molecular complexity index is 401. The lowest BCUT2D eigenvalue weighted by atomic mass is 10.2. The van der Waals surface area contributed by atoms with E-state index in [-0.39, 0.29) is 5.91 Å². The van der Waals surface area contributed by atoms with E-state index in [2.05, 4.69) is 12.2 Å². The number of nitrogens with zero attached hydrogens (tertiary/aromatic N) is 1. The van der Waals surface area contributed by atoms with Crippen LogP contribution in [0.1, 0.15) is 35.9 Å². The van der Waals surface area contributed by atoms with Gasteiger partial charge in [0, 0.05) is 19.1 Å². The standard InChI is InChI=1S/C13H19ClN2OS/c1-2-8-16(9-10-4-3-7-15-10)13(17)11-5-6-12(14)18-11/h5-6,10,15H,2-4,7-9H2,1H3. The average Bonchev–Trinajstić information content (AvgIpc) is 2.99. The van der Waals surface area contributed by atoms with Crippen molar-refractivity contribution in [3.8, 4) is 0 Å². The average molecular weight is 287 g/mol. The first kappa shape index (κ1) is 13.8. The van der Waals surface area contributed by atoms with Gasteiger partial charge < -0.3 is 10.2 Å². The number of carbonyl (C=O) groups excluding carboxylic acids is 1. The van der Waals surface area contributed by atoms with Crippen LogP contribution < -0.4 is 5.32 Å². The fraction of sp³-hybridized carbons (Fsp3) is 0.615. The third kappa shape index (κ3) is 3.46. The number of hydrogen-bond donors (Lipinski definition) is 1. The zero-order valence-corrected chi connectivity index (χ0v) is 12.2. The first-order valence-electron chi connectivity index (χ1n) is 6.48. The predicted molar refractivity (Wildman–Crippen MR) is 76.5 cm³/mol. The summed E-state index contributed by atoms with van der Waals surface area (Å²) in [6.45, 7) is 4.79. The van der Waals surface area contributed by atoms with Crippen molar-refractivity contribution in [3.05, 3.63) is 21.3 Å². The largest absolute Gasteiger partial charge is 0.336 e. The van der Waals surface area contributed by atoms with Crippen LogP contribution in [0.5, 0.6) is 0 Å². The minimum atomic E-state index is 0.113. The minimum Gasteiger partial charge on any atom is -0.336 e. The topological polar surface area (TPSA) is 32.3 Å². The monoisotopic (exact) mass is 286 g/mol. The van der Waals surface area contributed by atoms with E-state index in [1.807, 2.05) is 11.0 Å². The van der Waals surface area contributed by atoms with Gasteiger partial charge in [0.2, 0.25) is 0 Å². The van der Waals surface area contributed by atoms with E-state index in [0.29, 0.717) is 10.4 Å². The Hall–Kier alpha value is -0.580. The number of nitrogens with one attached hydrogen (secondary N) is 1. The van der Waals surface area contributed by atoms with E-state index in [0.717, 1.165) is 30.9 Å². The molecule has 1 aliphatic heterocycles. The van der Waals surface area contributed by atoms with Crippen molar-refractivity contribution in [2.75, 3.05) is 19.6 Å². The minimum absolute atomic E-state index is 0.113. The van der Waals surface area contributed by atoms with E-state index in [1.165, 1.54) is 24.2 Å². The molecule has 18 heavy (non-hydrogen) atoms. The second-order valence-corrected chi connectivity index (χ2v) is 6.36. The fourth-order valence-electron chi connectivity index (χ4n) is 2.31. The lowest BCUT2D eigenvalue weighted by Gasteiger charge is -2.25. The Labute approximate surface area is 117 Å². The summed E-state index contributed by atoms with van der Waals surface area (Å²) in [6.07, 6.45) is 3.36. The number of halogens is 1. The molecule has 1 N–H and O–H groups in total. The molecular formula is C13H19ClN2OS. The van der Waals surface area contributed by atoms with Gasteiger partial charge in [0.25, 0.3) is 5.91 Å². The molecule has 3 nitrogen and oxygen atoms in total. The number of hydrogen-bond acceptors (Lipinski definition) is 3. The zero-order valence-electron chi connectivity index (χ0n) is 10.6. The van der Waals surface area contributed by atoms with Crippen molar-refractivity contribution in [3.63, 3.8) is 0 Å². The molecule has 0 radical (unpaired) electrons. The molecule has 1 atom stereocenters. The van der Waals surface area contributed by atoms with E-state index >= 15 is 0 Å². The SMILES string of the molecule is CCCN(CC1CCCN1)C(=O)c1ccc(Cl)s1. The van der Waals surface area contributed by atoms with E-state index < -0.39 is 0 Å². The molecule has 2 heterocycles. The van der Waals surface area contributed by atoms with Crippen molar-refractivity contribution in [2.24, 2.45) is 0 Å². The van der Waals surface area contributed by atoms with Crippen molar-refractivity contribution >= 4 is 28.8 Å². The Kier molecular flexibility index (Phi) is 5.03. The van der Waals surface area contributed by atoms with Crippen LogP contribution in [0.2, 0.25) is 4.34 Å². The summed E-state index contributed by atoms with van der Waals surface area (Å²) in [6, 6.07) is 4.06. The highest BCUT2D eigenvalue weighted by molar-refractivity contribution is 7.17. The van der Waals surface area contributed by atoms with Gasteiger partial charge in [-0.15, -0.1) is 11.3 Å². The molecule has 1 aromatic heterocycles. The van der Waals surface area contributed by atoms with Crippen LogP contribution >= 0.6 is 22.9 Å². The van der Waals surface area contributed by atoms with Crippen LogP contribution in [0.15, 0.2) is 12.1 Å². The zero-order chi connectivity index (χ0) is 13.0. The van der Waals surface area contributed by atoms with Crippen LogP contribution in [-0.4, -0.2) is 36.5 Å². The quantitative estimate of drug-likeness (QED) is 0.902. The Balaban J connectivity index is 2.01. The van der Waals surface area contributed by atoms with Crippen LogP contribution in [0.3, 0.4) is 0 Å². The maximum Gasteiger partial charge on any atom is 0.264 e. The van der Waals surface area contributed by atoms with Gasteiger partial charge in [0.15, 0.2) is 0 Å². The second kappa shape index (κ2) is 6.55. The van der Waals surface area contributed by atoms with Crippen molar-refractivity contribution in [1.82, 2.24) is 10.2 Å². The van der Waals surface area contributed by atoms with Gasteiger partial charge in [-0.25, -0.2) is 0 Å². The van der Waals surface area contributed by atoms with Crippen molar-refractivity contribution in [2.45, 2.75) is 32.2 Å². The fourth-order valence-corrected chi connectivity index (χ4v) is 3.32. The highest BCUT2D eigenvalue weighted by Gasteiger charge is 2.22. The molecule has 1 amide bonds. The highest BCUT2D eigenvalue weighted by Crippen LogP contribution is 2.23. The molecule has 0 aliphatic carbocycles. The smallest absolute Gasteiger partial charge is 0.264 e. The molecule has 1 aromatic rings. The van der Waals surface area contributed by atoms with E-state index in [4.69, 9.17) is 11.6 Å². The van der Waals surface area contributed by atoms with E-state index in [1.54, 1.807) is 6.07 Å². The Morgan fingerprint density at radius 2 is 2.44 bits per heavy atom. The molecule has 1 fully saturated rings. The van der Waals surface area contributed by atoms with Crippen LogP contribution in [0.4, 0.5) is 0 Å². The van der Waals surface area contributed by atoms with Gasteiger partial charge in [-0.05, 0) is 37.9 Å². The molecule has 0 spiro atoms. The summed E-state index contributed by atoms with van der Waals surface area (Å²) in [5, 5.41) is 3.44.